The summed E-state index contributed by atoms with van der Waals surface area (Å²) in [6, 6.07) is 15.1. The smallest absolute Gasteiger partial charge is 0.231 e. The minimum absolute atomic E-state index is 0.0458. The lowest BCUT2D eigenvalue weighted by molar-refractivity contribution is -0.118. The van der Waals surface area contributed by atoms with E-state index < -0.39 is 6.10 Å². The van der Waals surface area contributed by atoms with Gasteiger partial charge in [0.05, 0.1) is 19.6 Å². The van der Waals surface area contributed by atoms with Crippen LogP contribution in [0.1, 0.15) is 23.7 Å². The van der Waals surface area contributed by atoms with Crippen molar-refractivity contribution in [2.24, 2.45) is 0 Å². The first-order chi connectivity index (χ1) is 10.7. The lowest BCUT2D eigenvalue weighted by atomic mass is 9.98. The van der Waals surface area contributed by atoms with Crippen molar-refractivity contribution in [3.8, 4) is 5.75 Å². The first-order valence-electron chi connectivity index (χ1n) is 7.39. The monoisotopic (exact) mass is 297 g/mol. The van der Waals surface area contributed by atoms with Crippen LogP contribution < -0.4 is 9.64 Å². The molecule has 22 heavy (non-hydrogen) atoms. The van der Waals surface area contributed by atoms with Gasteiger partial charge in [-0.15, -0.1) is 0 Å². The van der Waals surface area contributed by atoms with Gasteiger partial charge in [0.15, 0.2) is 0 Å². The Balaban J connectivity index is 1.79. The van der Waals surface area contributed by atoms with Crippen LogP contribution in [0.5, 0.6) is 5.75 Å². The van der Waals surface area contributed by atoms with E-state index in [0.29, 0.717) is 19.4 Å². The molecule has 2 aromatic carbocycles. The second-order valence-corrected chi connectivity index (χ2v) is 5.43. The number of hydrogen-bond donors (Lipinski definition) is 1. The van der Waals surface area contributed by atoms with E-state index in [4.69, 9.17) is 4.74 Å². The molecule has 1 N–H and O–H groups in total. The van der Waals surface area contributed by atoms with Crippen molar-refractivity contribution in [3.05, 3.63) is 59.7 Å². The van der Waals surface area contributed by atoms with Crippen molar-refractivity contribution in [1.29, 1.82) is 0 Å². The molecule has 0 spiro atoms. The number of nitrogens with zero attached hydrogens (tertiary/aromatic N) is 1. The number of ether oxygens (including phenoxy) is 1. The Kier molecular flexibility index (Phi) is 4.11. The predicted molar refractivity (Wildman–Crippen MR) is 85.1 cm³/mol. The fourth-order valence-corrected chi connectivity index (χ4v) is 2.81. The topological polar surface area (TPSA) is 49.8 Å². The number of aliphatic hydroxyl groups excluding tert-OH is 1. The van der Waals surface area contributed by atoms with Crippen LogP contribution in [-0.4, -0.2) is 24.7 Å². The molecule has 0 aliphatic carbocycles. The fourth-order valence-electron chi connectivity index (χ4n) is 2.81. The van der Waals surface area contributed by atoms with Crippen LogP contribution in [0.2, 0.25) is 0 Å². The zero-order valence-electron chi connectivity index (χ0n) is 12.5. The number of benzene rings is 2. The Morgan fingerprint density at radius 2 is 1.95 bits per heavy atom. The number of fused-ring (bicyclic) bond motifs is 1. The van der Waals surface area contributed by atoms with Gasteiger partial charge in [0, 0.05) is 17.8 Å². The third-order valence-electron chi connectivity index (χ3n) is 4.03. The first kappa shape index (κ1) is 14.6. The summed E-state index contributed by atoms with van der Waals surface area (Å²) < 4.78 is 5.13. The molecule has 114 valence electrons. The molecular formula is C18H19NO3. The summed E-state index contributed by atoms with van der Waals surface area (Å²) in [6.45, 7) is 0.549. The van der Waals surface area contributed by atoms with E-state index in [-0.39, 0.29) is 5.91 Å². The van der Waals surface area contributed by atoms with Crippen molar-refractivity contribution >= 4 is 11.6 Å². The van der Waals surface area contributed by atoms with Crippen molar-refractivity contribution < 1.29 is 14.6 Å². The first-order valence-corrected chi connectivity index (χ1v) is 7.39. The Hall–Kier alpha value is -2.33. The molecule has 1 aliphatic heterocycles. The number of amides is 1. The van der Waals surface area contributed by atoms with Crippen LogP contribution in [0, 0.1) is 0 Å². The minimum Gasteiger partial charge on any atom is -0.497 e. The molecule has 1 heterocycles. The van der Waals surface area contributed by atoms with Crippen LogP contribution in [0.25, 0.3) is 0 Å². The Morgan fingerprint density at radius 3 is 2.68 bits per heavy atom. The third kappa shape index (κ3) is 2.83. The Bertz CT molecular complexity index is 666. The van der Waals surface area contributed by atoms with Crippen LogP contribution in [0.15, 0.2) is 48.5 Å². The molecule has 1 aliphatic rings. The summed E-state index contributed by atoms with van der Waals surface area (Å²) in [5, 5.41) is 10.1. The summed E-state index contributed by atoms with van der Waals surface area (Å²) in [7, 11) is 1.62. The van der Waals surface area contributed by atoms with E-state index >= 15 is 0 Å². The fraction of sp³-hybridized carbons (Fsp3) is 0.278. The number of para-hydroxylation sites is 1. The number of aliphatic hydroxyl groups is 1. The van der Waals surface area contributed by atoms with Crippen LogP contribution >= 0.6 is 0 Å². The Labute approximate surface area is 130 Å². The van der Waals surface area contributed by atoms with Crippen molar-refractivity contribution in [1.82, 2.24) is 0 Å². The standard InChI is InChI=1S/C18H19NO3/c1-22-14-8-6-13(7-9-14)12-18(21)19-11-10-17(20)15-4-2-3-5-16(15)19/h2-9,17,20H,10-12H2,1H3. The van der Waals surface area contributed by atoms with Gasteiger partial charge in [-0.2, -0.15) is 0 Å². The molecule has 0 saturated carbocycles. The highest BCUT2D eigenvalue weighted by atomic mass is 16.5. The van der Waals surface area contributed by atoms with E-state index in [0.717, 1.165) is 22.6 Å². The zero-order chi connectivity index (χ0) is 15.5. The SMILES string of the molecule is COc1ccc(CC(=O)N2CCC(O)c3ccccc32)cc1. The molecule has 2 aromatic rings. The van der Waals surface area contributed by atoms with Gasteiger partial charge in [-0.25, -0.2) is 0 Å². The van der Waals surface area contributed by atoms with Gasteiger partial charge in [-0.1, -0.05) is 30.3 Å². The van der Waals surface area contributed by atoms with Crippen LogP contribution in [-0.2, 0) is 11.2 Å². The van der Waals surface area contributed by atoms with Gasteiger partial charge in [0.25, 0.3) is 0 Å². The Morgan fingerprint density at radius 1 is 1.23 bits per heavy atom. The lowest BCUT2D eigenvalue weighted by Crippen LogP contribution is -2.37. The average Bonchev–Trinajstić information content (AvgIpc) is 2.56. The number of carbonyl (C=O) groups excluding carboxylic acids is 1. The molecular weight excluding hydrogens is 278 g/mol. The molecule has 1 unspecified atom stereocenters. The lowest BCUT2D eigenvalue weighted by Gasteiger charge is -2.32. The maximum absolute atomic E-state index is 12.6. The molecule has 1 amide bonds. The number of rotatable bonds is 3. The molecule has 0 saturated heterocycles. The molecule has 0 radical (unpaired) electrons. The number of anilines is 1. The van der Waals surface area contributed by atoms with Crippen LogP contribution in [0.3, 0.4) is 0 Å². The van der Waals surface area contributed by atoms with Gasteiger partial charge in [0.2, 0.25) is 5.91 Å². The number of carbonyl (C=O) groups is 1. The minimum atomic E-state index is -0.485. The molecule has 3 rings (SSSR count). The molecule has 4 heteroatoms. The van der Waals surface area contributed by atoms with E-state index in [1.165, 1.54) is 0 Å². The third-order valence-corrected chi connectivity index (χ3v) is 4.03. The van der Waals surface area contributed by atoms with Gasteiger partial charge < -0.3 is 14.7 Å². The largest absolute Gasteiger partial charge is 0.497 e. The summed E-state index contributed by atoms with van der Waals surface area (Å²) in [4.78, 5) is 14.4. The number of hydrogen-bond acceptors (Lipinski definition) is 3. The highest BCUT2D eigenvalue weighted by Gasteiger charge is 2.26. The van der Waals surface area contributed by atoms with Gasteiger partial charge >= 0.3 is 0 Å². The van der Waals surface area contributed by atoms with E-state index in [2.05, 4.69) is 0 Å². The van der Waals surface area contributed by atoms with Gasteiger partial charge in [0.1, 0.15) is 5.75 Å². The molecule has 4 nitrogen and oxygen atoms in total. The quantitative estimate of drug-likeness (QED) is 0.947. The molecule has 0 fully saturated rings. The van der Waals surface area contributed by atoms with E-state index in [1.807, 2.05) is 48.5 Å². The average molecular weight is 297 g/mol. The van der Waals surface area contributed by atoms with Crippen molar-refractivity contribution in [2.45, 2.75) is 18.9 Å². The highest BCUT2D eigenvalue weighted by Crippen LogP contribution is 2.33. The van der Waals surface area contributed by atoms with E-state index in [1.54, 1.807) is 12.0 Å². The van der Waals surface area contributed by atoms with Crippen molar-refractivity contribution in [2.75, 3.05) is 18.6 Å². The van der Waals surface area contributed by atoms with Crippen molar-refractivity contribution in [3.63, 3.8) is 0 Å². The zero-order valence-corrected chi connectivity index (χ0v) is 12.5. The maximum atomic E-state index is 12.6. The predicted octanol–water partition coefficient (Wildman–Crippen LogP) is 2.71. The number of methoxy groups -OCH3 is 1. The molecule has 0 bridgehead atoms. The normalized spacial score (nSPS) is 17.0. The maximum Gasteiger partial charge on any atom is 0.231 e. The second kappa shape index (κ2) is 6.20. The summed E-state index contributed by atoms with van der Waals surface area (Å²) >= 11 is 0. The molecule has 0 aromatic heterocycles. The highest BCUT2D eigenvalue weighted by molar-refractivity contribution is 5.96. The molecule has 1 atom stereocenters. The van der Waals surface area contributed by atoms with Crippen LogP contribution in [0.4, 0.5) is 5.69 Å². The summed E-state index contributed by atoms with van der Waals surface area (Å²) in [5.41, 5.74) is 2.60. The van der Waals surface area contributed by atoms with Gasteiger partial charge in [-0.3, -0.25) is 4.79 Å². The second-order valence-electron chi connectivity index (χ2n) is 5.43. The summed E-state index contributed by atoms with van der Waals surface area (Å²) in [5.74, 6) is 0.826. The van der Waals surface area contributed by atoms with E-state index in [9.17, 15) is 9.90 Å². The summed E-state index contributed by atoms with van der Waals surface area (Å²) in [6.07, 6.45) is 0.431. The van der Waals surface area contributed by atoms with Gasteiger partial charge in [-0.05, 0) is 30.2 Å².